The summed E-state index contributed by atoms with van der Waals surface area (Å²) in [4.78, 5) is 24.6. The number of nitrogens with one attached hydrogen (secondary N) is 3. The largest absolute Gasteiger partial charge is 0.465 e. The van der Waals surface area contributed by atoms with E-state index in [1.807, 2.05) is 9.88 Å². The first kappa shape index (κ1) is 24.0. The van der Waals surface area contributed by atoms with Crippen LogP contribution in [0.5, 0.6) is 0 Å². The van der Waals surface area contributed by atoms with Gasteiger partial charge in [-0.25, -0.2) is 19.7 Å². The highest BCUT2D eigenvalue weighted by Crippen LogP contribution is 2.35. The number of hydrogen-bond acceptors (Lipinski definition) is 7. The fraction of sp³-hybridized carbons (Fsp3) is 0.625. The summed E-state index contributed by atoms with van der Waals surface area (Å²) in [5, 5.41) is 33.1. The number of terminal acetylenes is 1. The number of amidine groups is 1. The molecule has 0 bridgehead atoms. The first-order valence-corrected chi connectivity index (χ1v) is 12.0. The van der Waals surface area contributed by atoms with E-state index in [2.05, 4.69) is 33.1 Å². The van der Waals surface area contributed by atoms with Crippen LogP contribution < -0.4 is 10.6 Å². The molecule has 34 heavy (non-hydrogen) atoms. The minimum Gasteiger partial charge on any atom is -0.465 e. The number of anilines is 1. The van der Waals surface area contributed by atoms with Gasteiger partial charge in [-0.3, -0.25) is 10.7 Å². The molecular weight excluding hydrogens is 434 g/mol. The lowest BCUT2D eigenvalue weighted by molar-refractivity contribution is 0.180. The number of hydrogen-bond donors (Lipinski definition) is 5. The van der Waals surface area contributed by atoms with E-state index in [1.54, 1.807) is 6.92 Å². The third kappa shape index (κ3) is 4.99. The zero-order valence-electron chi connectivity index (χ0n) is 19.7. The number of amides is 1. The SMILES string of the molecule is C#CC1CCC(Cn2c(C(C)O)nc3nc(C(=N)NC(=O)O)nc(N[C@H](C)C4CCC4)c32)CC1. The zero-order chi connectivity index (χ0) is 24.4. The van der Waals surface area contributed by atoms with Crippen LogP contribution in [0.3, 0.4) is 0 Å². The molecule has 10 nitrogen and oxygen atoms in total. The van der Waals surface area contributed by atoms with Crippen LogP contribution in [0.15, 0.2) is 0 Å². The molecule has 0 aliphatic heterocycles. The molecule has 0 radical (unpaired) electrons. The molecule has 2 heterocycles. The van der Waals surface area contributed by atoms with Crippen molar-refractivity contribution in [2.45, 2.75) is 77.5 Å². The van der Waals surface area contributed by atoms with Crippen molar-refractivity contribution in [2.75, 3.05) is 5.32 Å². The van der Waals surface area contributed by atoms with Crippen LogP contribution in [0, 0.1) is 35.5 Å². The molecule has 2 aliphatic rings. The fourth-order valence-electron chi connectivity index (χ4n) is 4.98. The number of nitrogens with zero attached hydrogens (tertiary/aromatic N) is 4. The van der Waals surface area contributed by atoms with Crippen molar-refractivity contribution in [1.82, 2.24) is 24.8 Å². The van der Waals surface area contributed by atoms with Crippen molar-refractivity contribution in [2.24, 2.45) is 17.8 Å². The van der Waals surface area contributed by atoms with Gasteiger partial charge in [-0.2, -0.15) is 0 Å². The second-order valence-corrected chi connectivity index (χ2v) is 9.64. The maximum Gasteiger partial charge on any atom is 0.410 e. The van der Waals surface area contributed by atoms with E-state index in [9.17, 15) is 9.90 Å². The Hall–Kier alpha value is -3.19. The Morgan fingerprint density at radius 2 is 1.91 bits per heavy atom. The number of carbonyl (C=O) groups is 1. The second-order valence-electron chi connectivity index (χ2n) is 9.64. The molecule has 4 rings (SSSR count). The van der Waals surface area contributed by atoms with Crippen molar-refractivity contribution < 1.29 is 15.0 Å². The number of aromatic nitrogens is 4. The van der Waals surface area contributed by atoms with Crippen molar-refractivity contribution in [3.05, 3.63) is 11.6 Å². The first-order valence-electron chi connectivity index (χ1n) is 12.0. The van der Waals surface area contributed by atoms with E-state index in [1.165, 1.54) is 6.42 Å². The molecule has 2 aliphatic carbocycles. The molecule has 1 unspecified atom stereocenters. The summed E-state index contributed by atoms with van der Waals surface area (Å²) in [5.74, 6) is 4.62. The average molecular weight is 468 g/mol. The second kappa shape index (κ2) is 9.97. The van der Waals surface area contributed by atoms with Crippen LogP contribution in [0.4, 0.5) is 10.6 Å². The highest BCUT2D eigenvalue weighted by Gasteiger charge is 2.29. The normalized spacial score (nSPS) is 22.4. The Balaban J connectivity index is 1.76. The van der Waals surface area contributed by atoms with Gasteiger partial charge in [0.15, 0.2) is 23.1 Å². The quantitative estimate of drug-likeness (QED) is 0.238. The van der Waals surface area contributed by atoms with E-state index in [4.69, 9.17) is 16.9 Å². The summed E-state index contributed by atoms with van der Waals surface area (Å²) >= 11 is 0. The van der Waals surface area contributed by atoms with Gasteiger partial charge in [0.05, 0.1) is 0 Å². The summed E-state index contributed by atoms with van der Waals surface area (Å²) in [6, 6.07) is 0.144. The number of aliphatic hydroxyl groups is 1. The van der Waals surface area contributed by atoms with Crippen molar-refractivity contribution in [3.63, 3.8) is 0 Å². The van der Waals surface area contributed by atoms with Crippen LogP contribution in [0.2, 0.25) is 0 Å². The summed E-state index contributed by atoms with van der Waals surface area (Å²) in [5.41, 5.74) is 1.01. The molecule has 1 amide bonds. The highest BCUT2D eigenvalue weighted by atomic mass is 16.4. The predicted molar refractivity (Wildman–Crippen MR) is 129 cm³/mol. The molecule has 10 heteroatoms. The van der Waals surface area contributed by atoms with E-state index in [0.717, 1.165) is 38.5 Å². The van der Waals surface area contributed by atoms with Crippen LogP contribution in [0.1, 0.15) is 76.5 Å². The van der Waals surface area contributed by atoms with Crippen LogP contribution in [-0.2, 0) is 6.54 Å². The highest BCUT2D eigenvalue weighted by molar-refractivity contribution is 6.03. The summed E-state index contributed by atoms with van der Waals surface area (Å²) < 4.78 is 1.99. The molecule has 0 aromatic carbocycles. The van der Waals surface area contributed by atoms with Crippen molar-refractivity contribution in [1.29, 1.82) is 5.41 Å². The number of imidazole rings is 1. The maximum absolute atomic E-state index is 11.1. The van der Waals surface area contributed by atoms with Gasteiger partial charge in [-0.15, -0.1) is 12.3 Å². The Labute approximate surface area is 199 Å². The monoisotopic (exact) mass is 467 g/mol. The van der Waals surface area contributed by atoms with Crippen LogP contribution in [0.25, 0.3) is 11.2 Å². The minimum atomic E-state index is -1.36. The molecule has 2 atom stereocenters. The van der Waals surface area contributed by atoms with Gasteiger partial charge in [0, 0.05) is 18.5 Å². The Morgan fingerprint density at radius 3 is 2.47 bits per heavy atom. The molecule has 2 fully saturated rings. The van der Waals surface area contributed by atoms with Gasteiger partial charge in [-0.05, 0) is 64.2 Å². The standard InChI is InChI=1S/C24H33N7O3/c1-4-15-8-10-16(11-9-15)12-31-18-20(26-13(2)17-6-5-7-17)28-22(19(25)27-24(33)34)29-21(18)30-23(31)14(3)32/h1,13-17,32H,5-12H2,2-3H3,(H2,25,27)(H,33,34)(H,26,28,29)/t13-,14?,15?,16?/m1/s1. The van der Waals surface area contributed by atoms with E-state index >= 15 is 0 Å². The molecule has 182 valence electrons. The van der Waals surface area contributed by atoms with E-state index < -0.39 is 18.0 Å². The third-order valence-electron chi connectivity index (χ3n) is 7.21. The van der Waals surface area contributed by atoms with Crippen molar-refractivity contribution in [3.8, 4) is 12.3 Å². The fourth-order valence-corrected chi connectivity index (χ4v) is 4.98. The molecule has 0 spiro atoms. The number of carboxylic acid groups (broad SMARTS) is 1. The van der Waals surface area contributed by atoms with E-state index in [0.29, 0.717) is 47.1 Å². The Kier molecular flexibility index (Phi) is 7.03. The summed E-state index contributed by atoms with van der Waals surface area (Å²) in [6.45, 7) is 4.43. The predicted octanol–water partition coefficient (Wildman–Crippen LogP) is 3.51. The molecule has 2 saturated carbocycles. The zero-order valence-corrected chi connectivity index (χ0v) is 19.7. The number of rotatable bonds is 7. The topological polar surface area (TPSA) is 149 Å². The van der Waals surface area contributed by atoms with Gasteiger partial charge >= 0.3 is 6.09 Å². The van der Waals surface area contributed by atoms with Gasteiger partial charge in [0.25, 0.3) is 0 Å². The molecular formula is C24H33N7O3. The number of aliphatic hydroxyl groups excluding tert-OH is 1. The minimum absolute atomic E-state index is 0.0606. The molecule has 5 N–H and O–H groups in total. The molecule has 2 aromatic heterocycles. The maximum atomic E-state index is 11.1. The Bertz CT molecular complexity index is 1110. The lowest BCUT2D eigenvalue weighted by atomic mass is 9.80. The average Bonchev–Trinajstić information content (AvgIpc) is 3.11. The first-order chi connectivity index (χ1) is 16.3. The Morgan fingerprint density at radius 1 is 1.21 bits per heavy atom. The van der Waals surface area contributed by atoms with Gasteiger partial charge in [-0.1, -0.05) is 6.42 Å². The van der Waals surface area contributed by atoms with Crippen LogP contribution in [-0.4, -0.2) is 47.7 Å². The smallest absolute Gasteiger partial charge is 0.410 e. The summed E-state index contributed by atoms with van der Waals surface area (Å²) in [6.07, 6.45) is 10.9. The summed E-state index contributed by atoms with van der Waals surface area (Å²) in [7, 11) is 0. The molecule has 2 aromatic rings. The third-order valence-corrected chi connectivity index (χ3v) is 7.21. The molecule has 0 saturated heterocycles. The van der Waals surface area contributed by atoms with Gasteiger partial charge < -0.3 is 20.1 Å². The van der Waals surface area contributed by atoms with Gasteiger partial charge in [0.1, 0.15) is 17.4 Å². The van der Waals surface area contributed by atoms with Crippen molar-refractivity contribution >= 4 is 28.9 Å². The van der Waals surface area contributed by atoms with Gasteiger partial charge in [0.2, 0.25) is 0 Å². The number of fused-ring (bicyclic) bond motifs is 1. The van der Waals surface area contributed by atoms with E-state index in [-0.39, 0.29) is 11.9 Å². The van der Waals surface area contributed by atoms with Crippen LogP contribution >= 0.6 is 0 Å². The lowest BCUT2D eigenvalue weighted by Crippen LogP contribution is -2.33. The lowest BCUT2D eigenvalue weighted by Gasteiger charge is -2.32.